The summed E-state index contributed by atoms with van der Waals surface area (Å²) >= 11 is 0. The first kappa shape index (κ1) is 34.8. The standard InChI is InChI=1S/C23H23F2N5O2.C16H15N5O/c1-13-20(14(2)32-28-13)16-8-19-21(26-9-16)18(17-10-27-29(3)11-17)12-30(19)22(31)15-4-6-23(24,25)7-5-15;1-9-15(10(2)22-20-9)11-4-14-16(18-5-11)13(7-17-14)12-6-19-21(3)8-12/h8-12,15H,4-7H2,1-3H3;4-8,17H,1-3H3. The van der Waals surface area contributed by atoms with Crippen molar-refractivity contribution in [1.82, 2.24) is 49.4 Å². The molecule has 1 N–H and O–H groups in total. The maximum absolute atomic E-state index is 13.7. The Morgan fingerprint density at radius 3 is 1.85 bits per heavy atom. The molecule has 0 atom stereocenters. The van der Waals surface area contributed by atoms with Crippen LogP contribution in [0, 0.1) is 33.6 Å². The van der Waals surface area contributed by atoms with Gasteiger partial charge < -0.3 is 14.0 Å². The number of aromatic nitrogens is 10. The van der Waals surface area contributed by atoms with Crippen molar-refractivity contribution in [3.05, 3.63) is 84.6 Å². The number of rotatable bonds is 5. The number of fused-ring (bicyclic) bond motifs is 2. The fraction of sp³-hybridized carbons (Fsp3) is 0.308. The smallest absolute Gasteiger partial charge is 0.248 e. The third-order valence-corrected chi connectivity index (χ3v) is 10.1. The van der Waals surface area contributed by atoms with Crippen molar-refractivity contribution < 1.29 is 22.6 Å². The van der Waals surface area contributed by atoms with Crippen molar-refractivity contribution in [2.45, 2.75) is 59.3 Å². The molecule has 1 aliphatic rings. The Hall–Kier alpha value is -6.25. The molecule has 0 unspecified atom stereocenters. The third kappa shape index (κ3) is 6.28. The van der Waals surface area contributed by atoms with E-state index in [2.05, 4.69) is 41.5 Å². The van der Waals surface area contributed by atoms with Crippen molar-refractivity contribution in [1.29, 1.82) is 0 Å². The topological polar surface area (TPSA) is 151 Å². The number of carbonyl (C=O) groups is 1. The molecular weight excluding hydrogens is 694 g/mol. The lowest BCUT2D eigenvalue weighted by Gasteiger charge is -2.27. The van der Waals surface area contributed by atoms with E-state index in [1.807, 2.05) is 78.8 Å². The Morgan fingerprint density at radius 2 is 1.31 bits per heavy atom. The van der Waals surface area contributed by atoms with E-state index < -0.39 is 11.8 Å². The van der Waals surface area contributed by atoms with Crippen LogP contribution in [-0.2, 0) is 14.1 Å². The van der Waals surface area contributed by atoms with Crippen LogP contribution >= 0.6 is 0 Å². The fourth-order valence-electron chi connectivity index (χ4n) is 7.39. The van der Waals surface area contributed by atoms with Crippen molar-refractivity contribution in [2.24, 2.45) is 20.0 Å². The van der Waals surface area contributed by atoms with Crippen LogP contribution < -0.4 is 0 Å². The predicted molar refractivity (Wildman–Crippen MR) is 198 cm³/mol. The first-order valence-electron chi connectivity index (χ1n) is 17.6. The highest BCUT2D eigenvalue weighted by atomic mass is 19.3. The second-order valence-corrected chi connectivity index (χ2v) is 14.0. The summed E-state index contributed by atoms with van der Waals surface area (Å²) in [6.07, 6.45) is 14.5. The van der Waals surface area contributed by atoms with E-state index in [4.69, 9.17) is 9.05 Å². The summed E-state index contributed by atoms with van der Waals surface area (Å²) in [4.78, 5) is 26.0. The highest BCUT2D eigenvalue weighted by molar-refractivity contribution is 6.01. The van der Waals surface area contributed by atoms with Crippen LogP contribution in [0.3, 0.4) is 0 Å². The van der Waals surface area contributed by atoms with E-state index in [1.54, 1.807) is 32.5 Å². The van der Waals surface area contributed by atoms with Crippen molar-refractivity contribution in [3.63, 3.8) is 0 Å². The van der Waals surface area contributed by atoms with Gasteiger partial charge in [0.15, 0.2) is 0 Å². The molecule has 8 heterocycles. The van der Waals surface area contributed by atoms with Gasteiger partial charge in [0.2, 0.25) is 11.8 Å². The number of hydrogen-bond acceptors (Lipinski definition) is 9. The van der Waals surface area contributed by atoms with Gasteiger partial charge >= 0.3 is 0 Å². The average Bonchev–Trinajstić information content (AvgIpc) is 4.01. The van der Waals surface area contributed by atoms with Gasteiger partial charge in [-0.3, -0.25) is 28.7 Å². The number of nitrogens with one attached hydrogen (secondary N) is 1. The monoisotopic (exact) mass is 732 g/mol. The number of hydrogen-bond donors (Lipinski definition) is 1. The Bertz CT molecular complexity index is 2620. The van der Waals surface area contributed by atoms with Gasteiger partial charge in [-0.1, -0.05) is 10.3 Å². The molecule has 13 nitrogen and oxygen atoms in total. The summed E-state index contributed by atoms with van der Waals surface area (Å²) < 4.78 is 42.9. The van der Waals surface area contributed by atoms with E-state index in [9.17, 15) is 13.6 Å². The predicted octanol–water partition coefficient (Wildman–Crippen LogP) is 8.41. The molecule has 1 aliphatic carbocycles. The summed E-state index contributed by atoms with van der Waals surface area (Å²) in [5.74, 6) is -1.85. The quantitative estimate of drug-likeness (QED) is 0.184. The molecule has 9 rings (SSSR count). The second kappa shape index (κ2) is 13.3. The Kier molecular flexibility index (Phi) is 8.58. The molecule has 0 amide bonds. The number of H-pyrrole nitrogens is 1. The van der Waals surface area contributed by atoms with E-state index in [-0.39, 0.29) is 31.6 Å². The first-order valence-corrected chi connectivity index (χ1v) is 17.6. The second-order valence-electron chi connectivity index (χ2n) is 14.0. The zero-order valence-electron chi connectivity index (χ0n) is 30.7. The molecule has 8 aromatic rings. The van der Waals surface area contributed by atoms with Crippen LogP contribution in [0.2, 0.25) is 0 Å². The summed E-state index contributed by atoms with van der Waals surface area (Å²) in [7, 11) is 3.72. The minimum atomic E-state index is -2.69. The molecule has 54 heavy (non-hydrogen) atoms. The van der Waals surface area contributed by atoms with Crippen molar-refractivity contribution >= 4 is 28.0 Å². The van der Waals surface area contributed by atoms with Crippen LogP contribution in [0.15, 0.2) is 70.8 Å². The molecule has 1 saturated carbocycles. The van der Waals surface area contributed by atoms with Crippen LogP contribution in [0.1, 0.15) is 53.4 Å². The van der Waals surface area contributed by atoms with E-state index in [0.717, 1.165) is 72.7 Å². The van der Waals surface area contributed by atoms with Gasteiger partial charge in [0.05, 0.1) is 45.8 Å². The van der Waals surface area contributed by atoms with E-state index in [0.29, 0.717) is 16.8 Å². The lowest BCUT2D eigenvalue weighted by molar-refractivity contribution is -0.0431. The Morgan fingerprint density at radius 1 is 0.759 bits per heavy atom. The highest BCUT2D eigenvalue weighted by Gasteiger charge is 2.38. The number of aromatic amines is 1. The normalized spacial score (nSPS) is 14.5. The molecule has 0 bridgehead atoms. The van der Waals surface area contributed by atoms with Gasteiger partial charge in [-0.05, 0) is 52.7 Å². The summed E-state index contributed by atoms with van der Waals surface area (Å²) in [5.41, 5.74) is 12.1. The SMILES string of the molecule is Cc1noc(C)c1-c1cnc2c(-c3cnn(C)c3)c[nH]c2c1.Cc1noc(C)c1-c1cnc2c(-c3cnn(C)c3)cn(C(=O)C3CCC(F)(F)CC3)c2c1. The van der Waals surface area contributed by atoms with Crippen molar-refractivity contribution in [3.8, 4) is 44.5 Å². The lowest BCUT2D eigenvalue weighted by Crippen LogP contribution is -2.31. The molecule has 8 aromatic heterocycles. The van der Waals surface area contributed by atoms with Crippen molar-refractivity contribution in [2.75, 3.05) is 0 Å². The first-order chi connectivity index (χ1) is 25.9. The van der Waals surface area contributed by atoms with Crippen LogP contribution in [0.5, 0.6) is 0 Å². The summed E-state index contributed by atoms with van der Waals surface area (Å²) in [6, 6.07) is 3.97. The minimum Gasteiger partial charge on any atom is -0.361 e. The summed E-state index contributed by atoms with van der Waals surface area (Å²) in [6.45, 7) is 7.53. The van der Waals surface area contributed by atoms with Gasteiger partial charge in [-0.15, -0.1) is 0 Å². The van der Waals surface area contributed by atoms with Gasteiger partial charge in [-0.25, -0.2) is 8.78 Å². The van der Waals surface area contributed by atoms with Gasteiger partial charge in [0.25, 0.3) is 0 Å². The molecule has 1 fully saturated rings. The highest BCUT2D eigenvalue weighted by Crippen LogP contribution is 2.39. The number of nitrogens with zero attached hydrogens (tertiary/aromatic N) is 9. The minimum absolute atomic E-state index is 0.171. The number of carbonyl (C=O) groups excluding carboxylic acids is 1. The number of halogens is 2. The molecule has 0 saturated heterocycles. The zero-order chi connectivity index (χ0) is 37.9. The molecule has 0 spiro atoms. The molecule has 15 heteroatoms. The average molecular weight is 733 g/mol. The number of aryl methyl sites for hydroxylation is 6. The molecule has 276 valence electrons. The number of alkyl halides is 2. The zero-order valence-corrected chi connectivity index (χ0v) is 30.7. The third-order valence-electron chi connectivity index (χ3n) is 10.1. The van der Waals surface area contributed by atoms with Gasteiger partial charge in [-0.2, -0.15) is 10.2 Å². The molecule has 0 aromatic carbocycles. The fourth-order valence-corrected chi connectivity index (χ4v) is 7.39. The summed E-state index contributed by atoms with van der Waals surface area (Å²) in [5, 5.41) is 16.5. The van der Waals surface area contributed by atoms with E-state index in [1.165, 1.54) is 0 Å². The van der Waals surface area contributed by atoms with Gasteiger partial charge in [0.1, 0.15) is 11.5 Å². The maximum atomic E-state index is 13.7. The molecule has 0 aliphatic heterocycles. The van der Waals surface area contributed by atoms with Crippen LogP contribution in [-0.4, -0.2) is 61.2 Å². The maximum Gasteiger partial charge on any atom is 0.248 e. The van der Waals surface area contributed by atoms with E-state index >= 15 is 0 Å². The number of pyridine rings is 2. The Labute approximate surface area is 308 Å². The Balaban J connectivity index is 0.000000164. The molecular formula is C39H38F2N10O3. The largest absolute Gasteiger partial charge is 0.361 e. The molecule has 0 radical (unpaired) electrons. The van der Waals surface area contributed by atoms with Crippen LogP contribution in [0.4, 0.5) is 8.78 Å². The lowest BCUT2D eigenvalue weighted by atomic mass is 9.86. The van der Waals surface area contributed by atoms with Crippen LogP contribution in [0.25, 0.3) is 66.6 Å². The van der Waals surface area contributed by atoms with Gasteiger partial charge in [0, 0.05) is 115 Å².